The van der Waals surface area contributed by atoms with Crippen LogP contribution in [0, 0.1) is 0 Å². The summed E-state index contributed by atoms with van der Waals surface area (Å²) < 4.78 is 27.0. The summed E-state index contributed by atoms with van der Waals surface area (Å²) in [7, 11) is -2.52. The van der Waals surface area contributed by atoms with Gasteiger partial charge in [0.1, 0.15) is 0 Å². The Morgan fingerprint density at radius 3 is 1.91 bits per heavy atom. The molecule has 3 rings (SSSR count). The number of anilines is 4. The van der Waals surface area contributed by atoms with Crippen molar-refractivity contribution < 1.29 is 18.0 Å². The zero-order valence-corrected chi connectivity index (χ0v) is 21.0. The van der Waals surface area contributed by atoms with Gasteiger partial charge in [-0.3, -0.25) is 9.59 Å². The van der Waals surface area contributed by atoms with Gasteiger partial charge in [-0.25, -0.2) is 8.42 Å². The molecule has 0 heterocycles. The van der Waals surface area contributed by atoms with Crippen LogP contribution in [0.1, 0.15) is 20.8 Å². The standard InChI is InChI=1S/C26H30N4O4S/c1-19(2)30(24-14-10-23(11-15-24)28-21-8-6-5-7-9-21)26(32)18-29(4)35(33,34)25-16-12-22(13-17-25)27-20(3)31/h5-17,19,28H,18H2,1-4H3,(H,27,31). The number of nitrogens with one attached hydrogen (secondary N) is 2. The van der Waals surface area contributed by atoms with Crippen LogP contribution >= 0.6 is 0 Å². The molecule has 2 N–H and O–H groups in total. The molecule has 0 saturated heterocycles. The second-order valence-electron chi connectivity index (χ2n) is 8.36. The third-order valence-electron chi connectivity index (χ3n) is 5.23. The van der Waals surface area contributed by atoms with Crippen molar-refractivity contribution in [2.24, 2.45) is 0 Å². The Labute approximate surface area is 206 Å². The van der Waals surface area contributed by atoms with Crippen molar-refractivity contribution in [3.63, 3.8) is 0 Å². The summed E-state index contributed by atoms with van der Waals surface area (Å²) in [5.74, 6) is -0.592. The molecular formula is C26H30N4O4S. The van der Waals surface area contributed by atoms with Gasteiger partial charge in [-0.15, -0.1) is 0 Å². The lowest BCUT2D eigenvalue weighted by Gasteiger charge is -2.29. The van der Waals surface area contributed by atoms with Gasteiger partial charge in [-0.1, -0.05) is 18.2 Å². The maximum absolute atomic E-state index is 13.2. The number of sulfonamides is 1. The van der Waals surface area contributed by atoms with Crippen LogP contribution in [0.2, 0.25) is 0 Å². The summed E-state index contributed by atoms with van der Waals surface area (Å²) in [4.78, 5) is 26.0. The molecule has 0 bridgehead atoms. The smallest absolute Gasteiger partial charge is 0.243 e. The molecule has 0 atom stereocenters. The van der Waals surface area contributed by atoms with E-state index in [-0.39, 0.29) is 29.3 Å². The van der Waals surface area contributed by atoms with Crippen LogP contribution in [-0.2, 0) is 19.6 Å². The van der Waals surface area contributed by atoms with E-state index in [4.69, 9.17) is 0 Å². The number of likely N-dealkylation sites (N-methyl/N-ethyl adjacent to an activating group) is 1. The summed E-state index contributed by atoms with van der Waals surface area (Å²) >= 11 is 0. The molecule has 0 aliphatic rings. The van der Waals surface area contributed by atoms with Gasteiger partial charge in [0.2, 0.25) is 21.8 Å². The van der Waals surface area contributed by atoms with Crippen LogP contribution in [-0.4, -0.2) is 44.2 Å². The highest BCUT2D eigenvalue weighted by Gasteiger charge is 2.27. The van der Waals surface area contributed by atoms with Crippen molar-refractivity contribution in [1.82, 2.24) is 4.31 Å². The summed E-state index contributed by atoms with van der Waals surface area (Å²) in [6.07, 6.45) is 0. The SMILES string of the molecule is CC(=O)Nc1ccc(S(=O)(=O)N(C)CC(=O)N(c2ccc(Nc3ccccc3)cc2)C(C)C)cc1. The van der Waals surface area contributed by atoms with Crippen LogP contribution in [0.15, 0.2) is 83.8 Å². The molecule has 35 heavy (non-hydrogen) atoms. The lowest BCUT2D eigenvalue weighted by atomic mass is 10.2. The predicted octanol–water partition coefficient (Wildman–Crippen LogP) is 4.45. The van der Waals surface area contributed by atoms with E-state index in [0.717, 1.165) is 15.7 Å². The Morgan fingerprint density at radius 1 is 0.829 bits per heavy atom. The first-order valence-corrected chi connectivity index (χ1v) is 12.6. The van der Waals surface area contributed by atoms with Gasteiger partial charge in [0, 0.05) is 42.8 Å². The number of hydrogen-bond donors (Lipinski definition) is 2. The van der Waals surface area contributed by atoms with Crippen molar-refractivity contribution in [3.8, 4) is 0 Å². The largest absolute Gasteiger partial charge is 0.356 e. The molecule has 0 aromatic heterocycles. The highest BCUT2D eigenvalue weighted by atomic mass is 32.2. The van der Waals surface area contributed by atoms with Crippen LogP contribution in [0.25, 0.3) is 0 Å². The molecule has 0 spiro atoms. The number of carbonyl (C=O) groups excluding carboxylic acids is 2. The number of carbonyl (C=O) groups is 2. The highest BCUT2D eigenvalue weighted by Crippen LogP contribution is 2.24. The number of hydrogen-bond acceptors (Lipinski definition) is 5. The van der Waals surface area contributed by atoms with E-state index in [0.29, 0.717) is 11.4 Å². The van der Waals surface area contributed by atoms with Crippen LogP contribution in [0.3, 0.4) is 0 Å². The van der Waals surface area contributed by atoms with Crippen LogP contribution < -0.4 is 15.5 Å². The minimum atomic E-state index is -3.90. The molecule has 3 aromatic rings. The van der Waals surface area contributed by atoms with E-state index < -0.39 is 10.0 Å². The molecule has 9 heteroatoms. The molecule has 0 radical (unpaired) electrons. The fourth-order valence-corrected chi connectivity index (χ4v) is 4.69. The summed E-state index contributed by atoms with van der Waals surface area (Å²) in [6.45, 7) is 4.81. The number of rotatable bonds is 9. The fraction of sp³-hybridized carbons (Fsp3) is 0.231. The summed E-state index contributed by atoms with van der Waals surface area (Å²) in [6, 6.07) is 22.8. The number of para-hydroxylation sites is 1. The maximum atomic E-state index is 13.2. The van der Waals surface area contributed by atoms with Crippen LogP contribution in [0.4, 0.5) is 22.7 Å². The van der Waals surface area contributed by atoms with Gasteiger partial charge in [-0.05, 0) is 74.5 Å². The summed E-state index contributed by atoms with van der Waals surface area (Å²) in [5, 5.41) is 5.89. The molecule has 184 valence electrons. The van der Waals surface area contributed by atoms with E-state index in [1.54, 1.807) is 4.90 Å². The van der Waals surface area contributed by atoms with Gasteiger partial charge in [0.05, 0.1) is 11.4 Å². The van der Waals surface area contributed by atoms with Crippen LogP contribution in [0.5, 0.6) is 0 Å². The van der Waals surface area contributed by atoms with Crippen molar-refractivity contribution in [2.45, 2.75) is 31.7 Å². The Bertz CT molecular complexity index is 1260. The van der Waals surface area contributed by atoms with Crippen molar-refractivity contribution in [2.75, 3.05) is 29.1 Å². The quantitative estimate of drug-likeness (QED) is 0.458. The normalized spacial score (nSPS) is 11.4. The van der Waals surface area contributed by atoms with E-state index in [9.17, 15) is 18.0 Å². The predicted molar refractivity (Wildman–Crippen MR) is 139 cm³/mol. The van der Waals surface area contributed by atoms with Crippen molar-refractivity contribution >= 4 is 44.6 Å². The zero-order valence-electron chi connectivity index (χ0n) is 20.2. The maximum Gasteiger partial charge on any atom is 0.243 e. The molecule has 0 aliphatic carbocycles. The number of amides is 2. The van der Waals surface area contributed by atoms with E-state index >= 15 is 0 Å². The van der Waals surface area contributed by atoms with Gasteiger partial charge >= 0.3 is 0 Å². The third kappa shape index (κ3) is 6.68. The fourth-order valence-electron chi connectivity index (χ4n) is 3.57. The van der Waals surface area contributed by atoms with Gasteiger partial charge < -0.3 is 15.5 Å². The second kappa shape index (κ2) is 11.2. The molecule has 0 unspecified atom stereocenters. The summed E-state index contributed by atoms with van der Waals surface area (Å²) in [5.41, 5.74) is 2.99. The Balaban J connectivity index is 1.72. The second-order valence-corrected chi connectivity index (χ2v) is 10.4. The first-order chi connectivity index (χ1) is 16.6. The molecule has 2 amide bonds. The highest BCUT2D eigenvalue weighted by molar-refractivity contribution is 7.89. The van der Waals surface area contributed by atoms with E-state index in [2.05, 4.69) is 10.6 Å². The lowest BCUT2D eigenvalue weighted by molar-refractivity contribution is -0.119. The molecule has 0 saturated carbocycles. The molecule has 0 fully saturated rings. The first kappa shape index (κ1) is 25.9. The minimum absolute atomic E-state index is 0.0364. The Hall–Kier alpha value is -3.69. The Kier molecular flexibility index (Phi) is 8.26. The lowest BCUT2D eigenvalue weighted by Crippen LogP contribution is -2.44. The van der Waals surface area contributed by atoms with Gasteiger partial charge in [0.25, 0.3) is 0 Å². The van der Waals surface area contributed by atoms with E-state index in [1.165, 1.54) is 38.2 Å². The molecular weight excluding hydrogens is 464 g/mol. The van der Waals surface area contributed by atoms with E-state index in [1.807, 2.05) is 68.4 Å². The average molecular weight is 495 g/mol. The topological polar surface area (TPSA) is 98.8 Å². The number of benzene rings is 3. The Morgan fingerprint density at radius 2 is 1.37 bits per heavy atom. The molecule has 0 aliphatic heterocycles. The zero-order chi connectivity index (χ0) is 25.6. The molecule has 3 aromatic carbocycles. The number of nitrogens with zero attached hydrogens (tertiary/aromatic N) is 2. The monoisotopic (exact) mass is 494 g/mol. The minimum Gasteiger partial charge on any atom is -0.356 e. The average Bonchev–Trinajstić information content (AvgIpc) is 2.80. The molecule has 8 nitrogen and oxygen atoms in total. The third-order valence-corrected chi connectivity index (χ3v) is 7.05. The van der Waals surface area contributed by atoms with Crippen molar-refractivity contribution in [3.05, 3.63) is 78.9 Å². The van der Waals surface area contributed by atoms with Crippen molar-refractivity contribution in [1.29, 1.82) is 0 Å². The van der Waals surface area contributed by atoms with Gasteiger partial charge in [0.15, 0.2) is 0 Å². The van der Waals surface area contributed by atoms with Gasteiger partial charge in [-0.2, -0.15) is 4.31 Å². The first-order valence-electron chi connectivity index (χ1n) is 11.2.